The standard InChI is InChI=1S/C15H26O/c1-15(2,3)13-11-9-7-5-4-6-8-10-12-14-16/h4-5,10,12,14H,6-9,11,13H2,1-3H3. The molecule has 0 aliphatic heterocycles. The minimum absolute atomic E-state index is 0.476. The fourth-order valence-corrected chi connectivity index (χ4v) is 1.50. The lowest BCUT2D eigenvalue weighted by molar-refractivity contribution is -0.104. The van der Waals surface area contributed by atoms with Crippen molar-refractivity contribution in [3.8, 4) is 0 Å². The Labute approximate surface area is 101 Å². The van der Waals surface area contributed by atoms with Crippen LogP contribution in [0.5, 0.6) is 0 Å². The normalized spacial score (nSPS) is 12.7. The van der Waals surface area contributed by atoms with Gasteiger partial charge in [0.1, 0.15) is 6.29 Å². The zero-order chi connectivity index (χ0) is 12.3. The van der Waals surface area contributed by atoms with Gasteiger partial charge in [-0.05, 0) is 43.6 Å². The first-order valence-electron chi connectivity index (χ1n) is 6.31. The summed E-state index contributed by atoms with van der Waals surface area (Å²) in [5, 5.41) is 0. The highest BCUT2D eigenvalue weighted by atomic mass is 16.1. The van der Waals surface area contributed by atoms with E-state index in [-0.39, 0.29) is 0 Å². The van der Waals surface area contributed by atoms with Crippen molar-refractivity contribution in [3.63, 3.8) is 0 Å². The average molecular weight is 222 g/mol. The van der Waals surface area contributed by atoms with E-state index in [4.69, 9.17) is 0 Å². The number of hydrogen-bond acceptors (Lipinski definition) is 1. The molecule has 0 fully saturated rings. The molecule has 0 atom stereocenters. The molecule has 0 aromatic heterocycles. The molecule has 0 heterocycles. The largest absolute Gasteiger partial charge is 0.299 e. The van der Waals surface area contributed by atoms with Crippen molar-refractivity contribution in [1.29, 1.82) is 0 Å². The van der Waals surface area contributed by atoms with Crippen LogP contribution in [0.25, 0.3) is 0 Å². The number of aldehydes is 1. The third-order valence-corrected chi connectivity index (χ3v) is 2.43. The summed E-state index contributed by atoms with van der Waals surface area (Å²) < 4.78 is 0. The van der Waals surface area contributed by atoms with Crippen molar-refractivity contribution >= 4 is 6.29 Å². The van der Waals surface area contributed by atoms with Gasteiger partial charge < -0.3 is 0 Å². The van der Waals surface area contributed by atoms with Gasteiger partial charge in [0.2, 0.25) is 0 Å². The number of carbonyl (C=O) groups excluding carboxylic acids is 1. The van der Waals surface area contributed by atoms with Crippen LogP contribution in [0, 0.1) is 5.41 Å². The first-order valence-corrected chi connectivity index (χ1v) is 6.31. The van der Waals surface area contributed by atoms with E-state index in [2.05, 4.69) is 32.9 Å². The zero-order valence-electron chi connectivity index (χ0n) is 11.0. The minimum atomic E-state index is 0.476. The monoisotopic (exact) mass is 222 g/mol. The summed E-state index contributed by atoms with van der Waals surface area (Å²) in [7, 11) is 0. The second-order valence-electron chi connectivity index (χ2n) is 5.42. The van der Waals surface area contributed by atoms with Crippen LogP contribution in [-0.2, 0) is 4.79 Å². The van der Waals surface area contributed by atoms with E-state index in [1.165, 1.54) is 25.7 Å². The van der Waals surface area contributed by atoms with Gasteiger partial charge in [-0.15, -0.1) is 0 Å². The molecule has 1 nitrogen and oxygen atoms in total. The molecule has 0 N–H and O–H groups in total. The van der Waals surface area contributed by atoms with Crippen molar-refractivity contribution in [2.24, 2.45) is 5.41 Å². The van der Waals surface area contributed by atoms with Crippen LogP contribution < -0.4 is 0 Å². The Hall–Kier alpha value is -0.850. The molecule has 0 saturated carbocycles. The Morgan fingerprint density at radius 1 is 0.875 bits per heavy atom. The van der Waals surface area contributed by atoms with Gasteiger partial charge >= 0.3 is 0 Å². The first-order chi connectivity index (χ1) is 7.56. The van der Waals surface area contributed by atoms with Crippen LogP contribution in [0.15, 0.2) is 24.3 Å². The van der Waals surface area contributed by atoms with Crippen molar-refractivity contribution in [1.82, 2.24) is 0 Å². The van der Waals surface area contributed by atoms with Crippen LogP contribution in [0.2, 0.25) is 0 Å². The van der Waals surface area contributed by atoms with E-state index >= 15 is 0 Å². The Morgan fingerprint density at radius 3 is 2.12 bits per heavy atom. The lowest BCUT2D eigenvalue weighted by atomic mass is 9.89. The van der Waals surface area contributed by atoms with Gasteiger partial charge in [0.05, 0.1) is 0 Å². The van der Waals surface area contributed by atoms with E-state index in [1.807, 2.05) is 6.08 Å². The molecule has 0 radical (unpaired) electrons. The highest BCUT2D eigenvalue weighted by Gasteiger charge is 2.08. The van der Waals surface area contributed by atoms with Gasteiger partial charge in [-0.3, -0.25) is 4.79 Å². The fraction of sp³-hybridized carbons (Fsp3) is 0.667. The third kappa shape index (κ3) is 13.2. The molecular weight excluding hydrogens is 196 g/mol. The van der Waals surface area contributed by atoms with Crippen LogP contribution in [0.1, 0.15) is 59.3 Å². The summed E-state index contributed by atoms with van der Waals surface area (Å²) >= 11 is 0. The summed E-state index contributed by atoms with van der Waals surface area (Å²) in [6.45, 7) is 6.88. The molecule has 0 bridgehead atoms. The number of rotatable bonds is 8. The van der Waals surface area contributed by atoms with Crippen LogP contribution in [-0.4, -0.2) is 6.29 Å². The molecule has 0 aliphatic carbocycles. The van der Waals surface area contributed by atoms with Crippen LogP contribution in [0.3, 0.4) is 0 Å². The molecule has 0 amide bonds. The van der Waals surface area contributed by atoms with E-state index in [0.29, 0.717) is 5.41 Å². The summed E-state index contributed by atoms with van der Waals surface area (Å²) in [4.78, 5) is 9.99. The Morgan fingerprint density at radius 2 is 1.50 bits per heavy atom. The molecule has 0 rings (SSSR count). The lowest BCUT2D eigenvalue weighted by Crippen LogP contribution is -2.03. The van der Waals surface area contributed by atoms with Gasteiger partial charge in [0, 0.05) is 0 Å². The van der Waals surface area contributed by atoms with E-state index < -0.39 is 0 Å². The second kappa shape index (κ2) is 9.38. The van der Waals surface area contributed by atoms with Gasteiger partial charge in [-0.1, -0.05) is 45.4 Å². The molecular formula is C15H26O. The van der Waals surface area contributed by atoms with Crippen molar-refractivity contribution in [2.75, 3.05) is 0 Å². The van der Waals surface area contributed by atoms with Gasteiger partial charge in [-0.2, -0.15) is 0 Å². The highest BCUT2D eigenvalue weighted by Crippen LogP contribution is 2.21. The number of unbranched alkanes of at least 4 members (excludes halogenated alkanes) is 3. The van der Waals surface area contributed by atoms with E-state index in [1.54, 1.807) is 6.08 Å². The topological polar surface area (TPSA) is 17.1 Å². The predicted octanol–water partition coefficient (Wildman–Crippen LogP) is 4.68. The number of hydrogen-bond donors (Lipinski definition) is 0. The summed E-state index contributed by atoms with van der Waals surface area (Å²) in [5.74, 6) is 0. The minimum Gasteiger partial charge on any atom is -0.299 e. The first kappa shape index (κ1) is 15.2. The van der Waals surface area contributed by atoms with E-state index in [9.17, 15) is 4.79 Å². The summed E-state index contributed by atoms with van der Waals surface area (Å²) in [6, 6.07) is 0. The third-order valence-electron chi connectivity index (χ3n) is 2.43. The van der Waals surface area contributed by atoms with Crippen molar-refractivity contribution < 1.29 is 4.79 Å². The second-order valence-corrected chi connectivity index (χ2v) is 5.42. The summed E-state index contributed by atoms with van der Waals surface area (Å²) in [5.41, 5.74) is 0.476. The molecule has 0 aromatic rings. The Kier molecular flexibility index (Phi) is 8.88. The zero-order valence-corrected chi connectivity index (χ0v) is 11.0. The number of carbonyl (C=O) groups is 1. The van der Waals surface area contributed by atoms with Crippen LogP contribution in [0.4, 0.5) is 0 Å². The van der Waals surface area contributed by atoms with Crippen molar-refractivity contribution in [3.05, 3.63) is 24.3 Å². The lowest BCUT2D eigenvalue weighted by Gasteiger charge is -2.16. The molecule has 1 heteroatoms. The maximum atomic E-state index is 9.99. The molecule has 0 aliphatic rings. The van der Waals surface area contributed by atoms with Crippen molar-refractivity contribution in [2.45, 2.75) is 59.3 Å². The van der Waals surface area contributed by atoms with E-state index in [0.717, 1.165) is 19.1 Å². The van der Waals surface area contributed by atoms with Gasteiger partial charge in [0.15, 0.2) is 0 Å². The van der Waals surface area contributed by atoms with Crippen LogP contribution >= 0.6 is 0 Å². The molecule has 0 spiro atoms. The quantitative estimate of drug-likeness (QED) is 0.252. The predicted molar refractivity (Wildman–Crippen MR) is 71.5 cm³/mol. The molecule has 0 saturated heterocycles. The Bertz CT molecular complexity index is 218. The summed E-state index contributed by atoms with van der Waals surface area (Å²) in [6.07, 6.45) is 15.9. The molecule has 92 valence electrons. The maximum absolute atomic E-state index is 9.99. The fourth-order valence-electron chi connectivity index (χ4n) is 1.50. The smallest absolute Gasteiger partial charge is 0.142 e. The van der Waals surface area contributed by atoms with Gasteiger partial charge in [-0.25, -0.2) is 0 Å². The SMILES string of the molecule is CC(C)(C)CCCCC=CCCC=CC=O. The Balaban J connectivity index is 3.28. The maximum Gasteiger partial charge on any atom is 0.142 e. The molecule has 0 aromatic carbocycles. The van der Waals surface area contributed by atoms with Gasteiger partial charge in [0.25, 0.3) is 0 Å². The highest BCUT2D eigenvalue weighted by molar-refractivity contribution is 5.64. The molecule has 0 unspecified atom stereocenters. The number of allylic oxidation sites excluding steroid dienone is 4. The average Bonchev–Trinajstić information content (AvgIpc) is 2.19. The molecule has 16 heavy (non-hydrogen) atoms.